The van der Waals surface area contributed by atoms with Crippen LogP contribution < -0.4 is 0 Å². The molecule has 6 nitrogen and oxygen atoms in total. The van der Waals surface area contributed by atoms with Crippen LogP contribution in [-0.4, -0.2) is 64.5 Å². The molecule has 3 rings (SSSR count). The van der Waals surface area contributed by atoms with Crippen LogP contribution in [0.5, 0.6) is 0 Å². The number of piperidine rings is 1. The summed E-state index contributed by atoms with van der Waals surface area (Å²) in [7, 11) is 5.86. The lowest BCUT2D eigenvalue weighted by Gasteiger charge is -2.28. The van der Waals surface area contributed by atoms with Crippen LogP contribution in [0.15, 0.2) is 6.20 Å². The van der Waals surface area contributed by atoms with E-state index in [1.807, 2.05) is 15.9 Å². The second-order valence-corrected chi connectivity index (χ2v) is 11.2. The molecule has 0 bridgehead atoms. The number of carboxylic acids is 1. The maximum Gasteiger partial charge on any atom is 0.305 e. The van der Waals surface area contributed by atoms with E-state index in [2.05, 4.69) is 25.8 Å². The Kier molecular flexibility index (Phi) is 6.77. The fourth-order valence-electron chi connectivity index (χ4n) is 3.54. The Morgan fingerprint density at radius 1 is 1.36 bits per heavy atom. The van der Waals surface area contributed by atoms with E-state index in [1.54, 1.807) is 11.3 Å². The van der Waals surface area contributed by atoms with Crippen molar-refractivity contribution in [2.45, 2.75) is 63.0 Å². The second kappa shape index (κ2) is 8.75. The predicted molar refractivity (Wildman–Crippen MR) is 114 cm³/mol. The molecule has 2 aliphatic rings. The van der Waals surface area contributed by atoms with Crippen LogP contribution >= 0.6 is 23.1 Å². The van der Waals surface area contributed by atoms with Gasteiger partial charge in [-0.2, -0.15) is 0 Å². The molecule has 2 saturated heterocycles. The van der Waals surface area contributed by atoms with Crippen molar-refractivity contribution in [1.82, 2.24) is 14.7 Å². The maximum atomic E-state index is 12.9. The van der Waals surface area contributed by atoms with E-state index in [9.17, 15) is 14.7 Å². The molecular weight excluding hydrogens is 393 g/mol. The summed E-state index contributed by atoms with van der Waals surface area (Å²) >= 11 is 3.12. The van der Waals surface area contributed by atoms with Crippen LogP contribution in [0.3, 0.4) is 0 Å². The third-order valence-corrected chi connectivity index (χ3v) is 8.09. The molecule has 1 unspecified atom stereocenters. The van der Waals surface area contributed by atoms with E-state index in [0.29, 0.717) is 12.5 Å². The molecule has 0 saturated carbocycles. The zero-order valence-electron chi connectivity index (χ0n) is 16.8. The van der Waals surface area contributed by atoms with Crippen molar-refractivity contribution in [3.05, 3.63) is 16.1 Å². The van der Waals surface area contributed by atoms with Gasteiger partial charge in [0.25, 0.3) is 0 Å². The Hall–Kier alpha value is -1.06. The Morgan fingerprint density at radius 3 is 2.64 bits per heavy atom. The number of nitrogens with zero attached hydrogens (tertiary/aromatic N) is 3. The van der Waals surface area contributed by atoms with Gasteiger partial charge in [-0.3, -0.25) is 9.59 Å². The van der Waals surface area contributed by atoms with Crippen molar-refractivity contribution >= 4 is 43.0 Å². The number of carbonyl (C=O) groups excluding carboxylic acids is 1. The van der Waals surface area contributed by atoms with Crippen LogP contribution in [0.25, 0.3) is 0 Å². The van der Waals surface area contributed by atoms with E-state index in [0.717, 1.165) is 42.2 Å². The van der Waals surface area contributed by atoms with Crippen molar-refractivity contribution in [2.24, 2.45) is 5.41 Å². The summed E-state index contributed by atoms with van der Waals surface area (Å²) < 4.78 is 0. The molecule has 9 heteroatoms. The number of amides is 1. The smallest absolute Gasteiger partial charge is 0.305 e. The lowest BCUT2D eigenvalue weighted by atomic mass is 9.92. The molecule has 0 aromatic carbocycles. The molecule has 0 spiro atoms. The van der Waals surface area contributed by atoms with Crippen LogP contribution in [0, 0.1) is 5.41 Å². The van der Waals surface area contributed by atoms with E-state index >= 15 is 0 Å². The van der Waals surface area contributed by atoms with Crippen molar-refractivity contribution < 1.29 is 14.7 Å². The summed E-state index contributed by atoms with van der Waals surface area (Å²) in [6.45, 7) is 8.83. The van der Waals surface area contributed by atoms with E-state index in [1.165, 1.54) is 11.8 Å². The number of rotatable bonds is 6. The average Bonchev–Trinajstić information content (AvgIpc) is 3.19. The number of hydrogen-bond donors (Lipinski definition) is 1. The SMILES string of the molecule is [B]N1CCC(c2ncc(C3S[C@@H](CC(=O)O)C(=O)N3CCC(C)(C)C)s2)CC1. The Morgan fingerprint density at radius 2 is 2.04 bits per heavy atom. The number of aromatic nitrogens is 1. The molecule has 28 heavy (non-hydrogen) atoms. The summed E-state index contributed by atoms with van der Waals surface area (Å²) in [5.74, 6) is -0.577. The van der Waals surface area contributed by atoms with Crippen LogP contribution in [-0.2, 0) is 9.59 Å². The predicted octanol–water partition coefficient (Wildman–Crippen LogP) is 3.26. The maximum absolute atomic E-state index is 12.9. The van der Waals surface area contributed by atoms with Gasteiger partial charge in [-0.05, 0) is 37.8 Å². The number of carbonyl (C=O) groups is 2. The van der Waals surface area contributed by atoms with Gasteiger partial charge < -0.3 is 14.8 Å². The van der Waals surface area contributed by atoms with Gasteiger partial charge >= 0.3 is 5.97 Å². The van der Waals surface area contributed by atoms with E-state index in [4.69, 9.17) is 7.98 Å². The van der Waals surface area contributed by atoms with Crippen molar-refractivity contribution in [1.29, 1.82) is 0 Å². The molecule has 2 aliphatic heterocycles. The molecule has 1 N–H and O–H groups in total. The molecule has 2 atom stereocenters. The van der Waals surface area contributed by atoms with E-state index < -0.39 is 11.2 Å². The molecule has 1 amide bonds. The molecular formula is C19H28BN3O3S2. The zero-order chi connectivity index (χ0) is 20.5. The minimum absolute atomic E-state index is 0.0620. The summed E-state index contributed by atoms with van der Waals surface area (Å²) in [6, 6.07) is 0. The first-order valence-corrected chi connectivity index (χ1v) is 11.5. The Bertz CT molecular complexity index is 714. The van der Waals surface area contributed by atoms with Gasteiger partial charge in [-0.25, -0.2) is 4.98 Å². The second-order valence-electron chi connectivity index (χ2n) is 8.83. The fourth-order valence-corrected chi connectivity index (χ4v) is 6.28. The third-order valence-electron chi connectivity index (χ3n) is 5.26. The van der Waals surface area contributed by atoms with Crippen LogP contribution in [0.2, 0.25) is 0 Å². The Balaban J connectivity index is 1.76. The summed E-state index contributed by atoms with van der Waals surface area (Å²) in [6.07, 6.45) is 4.61. The van der Waals surface area contributed by atoms with Crippen molar-refractivity contribution in [3.8, 4) is 0 Å². The van der Waals surface area contributed by atoms with Gasteiger partial charge in [0.05, 0.1) is 21.6 Å². The highest BCUT2D eigenvalue weighted by molar-refractivity contribution is 8.01. The standard InChI is InChI=1S/C19H28BN3O3S2/c1-19(2,3)6-9-23-17(26)13(10-15(24)25)28-18(23)14-11-21-16(27-14)12-4-7-22(20)8-5-12/h11-13,18H,4-10H2,1-3H3,(H,24,25)/t13-,18?/m0/s1. The minimum atomic E-state index is -0.930. The lowest BCUT2D eigenvalue weighted by molar-refractivity contribution is -0.140. The molecule has 2 fully saturated rings. The summed E-state index contributed by atoms with van der Waals surface area (Å²) in [5, 5.41) is 9.63. The summed E-state index contributed by atoms with van der Waals surface area (Å²) in [5.41, 5.74) is 0.107. The van der Waals surface area contributed by atoms with Gasteiger partial charge in [0.15, 0.2) is 7.98 Å². The summed E-state index contributed by atoms with van der Waals surface area (Å²) in [4.78, 5) is 33.5. The first kappa shape index (κ1) is 21.6. The van der Waals surface area contributed by atoms with Gasteiger partial charge in [0.1, 0.15) is 5.37 Å². The number of aliphatic carboxylic acids is 1. The molecule has 2 radical (unpaired) electrons. The third kappa shape index (κ3) is 5.30. The average molecular weight is 421 g/mol. The molecule has 3 heterocycles. The fraction of sp³-hybridized carbons (Fsp3) is 0.737. The number of carboxylic acid groups (broad SMARTS) is 1. The normalized spacial score (nSPS) is 24.8. The largest absolute Gasteiger partial charge is 0.481 e. The minimum Gasteiger partial charge on any atom is -0.481 e. The molecule has 0 aliphatic carbocycles. The van der Waals surface area contributed by atoms with Crippen molar-refractivity contribution in [3.63, 3.8) is 0 Å². The molecule has 152 valence electrons. The zero-order valence-corrected chi connectivity index (χ0v) is 18.4. The van der Waals surface area contributed by atoms with Gasteiger partial charge in [0.2, 0.25) is 5.91 Å². The topological polar surface area (TPSA) is 73.7 Å². The quantitative estimate of drug-likeness (QED) is 0.711. The highest BCUT2D eigenvalue weighted by Crippen LogP contribution is 2.47. The van der Waals surface area contributed by atoms with Crippen molar-refractivity contribution in [2.75, 3.05) is 19.6 Å². The number of hydrogen-bond acceptors (Lipinski definition) is 6. The lowest BCUT2D eigenvalue weighted by Crippen LogP contribution is -2.34. The van der Waals surface area contributed by atoms with Gasteiger partial charge in [-0.15, -0.1) is 23.1 Å². The van der Waals surface area contributed by atoms with Crippen LogP contribution in [0.4, 0.5) is 0 Å². The first-order valence-electron chi connectivity index (χ1n) is 9.77. The molecule has 1 aromatic rings. The highest BCUT2D eigenvalue weighted by atomic mass is 32.2. The van der Waals surface area contributed by atoms with Gasteiger partial charge in [0, 0.05) is 18.7 Å². The monoisotopic (exact) mass is 421 g/mol. The molecule has 1 aromatic heterocycles. The first-order chi connectivity index (χ1) is 13.1. The van der Waals surface area contributed by atoms with Crippen LogP contribution in [0.1, 0.15) is 67.6 Å². The highest BCUT2D eigenvalue weighted by Gasteiger charge is 2.43. The van der Waals surface area contributed by atoms with E-state index in [-0.39, 0.29) is 23.1 Å². The Labute approximate surface area is 176 Å². The number of thioether (sulfide) groups is 1. The van der Waals surface area contributed by atoms with Gasteiger partial charge in [-0.1, -0.05) is 20.8 Å². The number of thiazole rings is 1.